The number of nitrogens with two attached hydrogens (primary N) is 1. The van der Waals surface area contributed by atoms with Crippen molar-refractivity contribution in [3.8, 4) is 0 Å². The zero-order valence-corrected chi connectivity index (χ0v) is 11.0. The topological polar surface area (TPSA) is 29.3 Å². The van der Waals surface area contributed by atoms with Gasteiger partial charge in [0.2, 0.25) is 0 Å². The van der Waals surface area contributed by atoms with Crippen LogP contribution < -0.4 is 5.73 Å². The molecule has 2 rings (SSSR count). The molecule has 1 aliphatic rings. The van der Waals surface area contributed by atoms with Crippen molar-refractivity contribution in [2.75, 3.05) is 13.1 Å². The molecule has 0 amide bonds. The van der Waals surface area contributed by atoms with Gasteiger partial charge in [-0.25, -0.2) is 0 Å². The third-order valence-electron chi connectivity index (χ3n) is 3.38. The normalized spacial score (nSPS) is 18.3. The van der Waals surface area contributed by atoms with Crippen LogP contribution in [-0.2, 0) is 0 Å². The van der Waals surface area contributed by atoms with Crippen molar-refractivity contribution in [2.24, 2.45) is 11.7 Å². The van der Waals surface area contributed by atoms with Crippen LogP contribution in [0.2, 0.25) is 0 Å². The molecule has 16 heavy (non-hydrogen) atoms. The fourth-order valence-electron chi connectivity index (χ4n) is 2.22. The summed E-state index contributed by atoms with van der Waals surface area (Å²) in [5.41, 5.74) is 7.35. The Morgan fingerprint density at radius 1 is 1.50 bits per heavy atom. The monoisotopic (exact) mass is 238 g/mol. The molecular formula is C13H22N2S. The lowest BCUT2D eigenvalue weighted by Gasteiger charge is -2.34. The Hall–Kier alpha value is -0.380. The first-order valence-corrected chi connectivity index (χ1v) is 7.14. The Labute approximate surface area is 102 Å². The van der Waals surface area contributed by atoms with E-state index in [1.54, 1.807) is 11.3 Å². The molecule has 2 nitrogen and oxygen atoms in total. The minimum absolute atomic E-state index is 0.409. The van der Waals surface area contributed by atoms with Gasteiger partial charge in [-0.15, -0.1) is 0 Å². The molecule has 2 N–H and O–H groups in total. The van der Waals surface area contributed by atoms with Crippen LogP contribution in [0.1, 0.15) is 38.3 Å². The average Bonchev–Trinajstić information content (AvgIpc) is 2.91. The van der Waals surface area contributed by atoms with E-state index in [4.69, 9.17) is 5.73 Å². The molecule has 1 unspecified atom stereocenters. The van der Waals surface area contributed by atoms with Gasteiger partial charge in [0.05, 0.1) is 0 Å². The maximum Gasteiger partial charge on any atom is 0.0481 e. The molecule has 0 bridgehead atoms. The van der Waals surface area contributed by atoms with E-state index in [0.717, 1.165) is 12.5 Å². The van der Waals surface area contributed by atoms with Crippen molar-refractivity contribution in [3.63, 3.8) is 0 Å². The van der Waals surface area contributed by atoms with E-state index < -0.39 is 0 Å². The van der Waals surface area contributed by atoms with Gasteiger partial charge in [-0.1, -0.05) is 0 Å². The summed E-state index contributed by atoms with van der Waals surface area (Å²) in [7, 11) is 0. The Morgan fingerprint density at radius 3 is 2.69 bits per heavy atom. The van der Waals surface area contributed by atoms with Crippen LogP contribution in [0.3, 0.4) is 0 Å². The smallest absolute Gasteiger partial charge is 0.0481 e. The summed E-state index contributed by atoms with van der Waals surface area (Å²) in [6, 6.07) is 3.20. The highest BCUT2D eigenvalue weighted by Crippen LogP contribution is 2.34. The van der Waals surface area contributed by atoms with Crippen LogP contribution in [0, 0.1) is 5.92 Å². The zero-order chi connectivity index (χ0) is 11.5. The van der Waals surface area contributed by atoms with Crippen LogP contribution in [0.15, 0.2) is 16.8 Å². The summed E-state index contributed by atoms with van der Waals surface area (Å²) in [6.45, 7) is 6.49. The van der Waals surface area contributed by atoms with Gasteiger partial charge >= 0.3 is 0 Å². The lowest BCUT2D eigenvalue weighted by Crippen LogP contribution is -2.39. The van der Waals surface area contributed by atoms with Gasteiger partial charge in [0.25, 0.3) is 0 Å². The molecule has 1 aromatic rings. The second-order valence-electron chi connectivity index (χ2n) is 5.04. The quantitative estimate of drug-likeness (QED) is 0.825. The van der Waals surface area contributed by atoms with Crippen LogP contribution >= 0.6 is 11.3 Å². The molecule has 1 atom stereocenters. The molecule has 0 saturated heterocycles. The van der Waals surface area contributed by atoms with E-state index in [9.17, 15) is 0 Å². The fourth-order valence-corrected chi connectivity index (χ4v) is 2.93. The molecule has 0 aliphatic heterocycles. The second kappa shape index (κ2) is 5.30. The molecular weight excluding hydrogens is 216 g/mol. The van der Waals surface area contributed by atoms with Gasteiger partial charge in [0.1, 0.15) is 0 Å². The predicted molar refractivity (Wildman–Crippen MR) is 70.7 cm³/mol. The molecule has 1 aromatic heterocycles. The summed E-state index contributed by atoms with van der Waals surface area (Å²) in [5, 5.41) is 4.38. The van der Waals surface area contributed by atoms with Gasteiger partial charge < -0.3 is 5.73 Å². The van der Waals surface area contributed by atoms with Gasteiger partial charge in [-0.05, 0) is 55.0 Å². The van der Waals surface area contributed by atoms with Crippen LogP contribution in [-0.4, -0.2) is 24.0 Å². The van der Waals surface area contributed by atoms with Crippen LogP contribution in [0.5, 0.6) is 0 Å². The number of rotatable bonds is 6. The van der Waals surface area contributed by atoms with Gasteiger partial charge in [0, 0.05) is 25.2 Å². The van der Waals surface area contributed by atoms with Crippen LogP contribution in [0.25, 0.3) is 0 Å². The Balaban J connectivity index is 2.08. The molecule has 1 fully saturated rings. The van der Waals surface area contributed by atoms with Crippen molar-refractivity contribution >= 4 is 11.3 Å². The highest BCUT2D eigenvalue weighted by atomic mass is 32.1. The molecule has 0 aromatic carbocycles. The lowest BCUT2D eigenvalue weighted by atomic mass is 10.1. The maximum absolute atomic E-state index is 5.96. The van der Waals surface area contributed by atoms with Crippen molar-refractivity contribution < 1.29 is 0 Å². The largest absolute Gasteiger partial charge is 0.329 e. The SMILES string of the molecule is CC(C)N(CC1CC1)C(CN)c1ccsc1. The van der Waals surface area contributed by atoms with Crippen molar-refractivity contribution in [2.45, 2.75) is 38.8 Å². The highest BCUT2D eigenvalue weighted by Gasteiger charge is 2.29. The molecule has 0 spiro atoms. The van der Waals surface area contributed by atoms with E-state index >= 15 is 0 Å². The minimum atomic E-state index is 0.409. The fraction of sp³-hybridized carbons (Fsp3) is 0.692. The molecule has 1 saturated carbocycles. The number of hydrogen-bond acceptors (Lipinski definition) is 3. The van der Waals surface area contributed by atoms with Gasteiger partial charge in [0.15, 0.2) is 0 Å². The maximum atomic E-state index is 5.96. The Kier molecular flexibility index (Phi) is 4.00. The van der Waals surface area contributed by atoms with E-state index in [1.165, 1.54) is 24.9 Å². The molecule has 3 heteroatoms. The number of hydrogen-bond donors (Lipinski definition) is 1. The third kappa shape index (κ3) is 2.84. The number of nitrogens with zero attached hydrogens (tertiary/aromatic N) is 1. The second-order valence-corrected chi connectivity index (χ2v) is 5.82. The van der Waals surface area contributed by atoms with Crippen molar-refractivity contribution in [3.05, 3.63) is 22.4 Å². The van der Waals surface area contributed by atoms with Crippen LogP contribution in [0.4, 0.5) is 0 Å². The van der Waals surface area contributed by atoms with E-state index in [-0.39, 0.29) is 0 Å². The molecule has 0 radical (unpaired) electrons. The molecule has 1 heterocycles. The number of thiophene rings is 1. The summed E-state index contributed by atoms with van der Waals surface area (Å²) in [4.78, 5) is 2.57. The summed E-state index contributed by atoms with van der Waals surface area (Å²) in [6.07, 6.45) is 2.81. The first kappa shape index (κ1) is 12.1. The summed E-state index contributed by atoms with van der Waals surface area (Å²) >= 11 is 1.76. The standard InChI is InChI=1S/C13H22N2S/c1-10(2)15(8-11-3-4-11)13(7-14)12-5-6-16-9-12/h5-6,9-11,13H,3-4,7-8,14H2,1-2H3. The van der Waals surface area contributed by atoms with E-state index in [1.807, 2.05) is 0 Å². The molecule has 1 aliphatic carbocycles. The van der Waals surface area contributed by atoms with Gasteiger partial charge in [-0.3, -0.25) is 4.90 Å². The van der Waals surface area contributed by atoms with Crippen molar-refractivity contribution in [1.29, 1.82) is 0 Å². The Bertz CT molecular complexity index is 304. The van der Waals surface area contributed by atoms with E-state index in [0.29, 0.717) is 12.1 Å². The predicted octanol–water partition coefficient (Wildman–Crippen LogP) is 2.87. The summed E-state index contributed by atoms with van der Waals surface area (Å²) < 4.78 is 0. The molecule has 90 valence electrons. The Morgan fingerprint density at radius 2 is 2.25 bits per heavy atom. The zero-order valence-electron chi connectivity index (χ0n) is 10.2. The van der Waals surface area contributed by atoms with E-state index in [2.05, 4.69) is 35.6 Å². The average molecular weight is 238 g/mol. The lowest BCUT2D eigenvalue weighted by molar-refractivity contribution is 0.150. The third-order valence-corrected chi connectivity index (χ3v) is 4.08. The highest BCUT2D eigenvalue weighted by molar-refractivity contribution is 7.07. The van der Waals surface area contributed by atoms with Gasteiger partial charge in [-0.2, -0.15) is 11.3 Å². The summed E-state index contributed by atoms with van der Waals surface area (Å²) in [5.74, 6) is 0.926. The van der Waals surface area contributed by atoms with Crippen molar-refractivity contribution in [1.82, 2.24) is 4.90 Å². The first-order chi connectivity index (χ1) is 7.72. The first-order valence-electron chi connectivity index (χ1n) is 6.20. The minimum Gasteiger partial charge on any atom is -0.329 e.